The number of aryl methyl sites for hydroxylation is 1. The molecule has 84 valence electrons. The highest BCUT2D eigenvalue weighted by atomic mass is 16.5. The largest absolute Gasteiger partial charge is 0.395 e. The normalized spacial score (nSPS) is 27.4. The van der Waals surface area contributed by atoms with Crippen LogP contribution in [0.2, 0.25) is 0 Å². The minimum atomic E-state index is 0.206. The minimum Gasteiger partial charge on any atom is -0.395 e. The Kier molecular flexibility index (Phi) is 3.02. The summed E-state index contributed by atoms with van der Waals surface area (Å²) in [6, 6.07) is 0.240. The molecule has 0 aromatic carbocycles. The molecule has 15 heavy (non-hydrogen) atoms. The lowest BCUT2D eigenvalue weighted by Crippen LogP contribution is -2.34. The van der Waals surface area contributed by atoms with Crippen LogP contribution in [0.5, 0.6) is 0 Å². The molecule has 0 amide bonds. The maximum absolute atomic E-state index is 9.28. The Morgan fingerprint density at radius 2 is 2.40 bits per heavy atom. The van der Waals surface area contributed by atoms with Gasteiger partial charge in [0.05, 0.1) is 13.2 Å². The second-order valence-electron chi connectivity index (χ2n) is 4.22. The van der Waals surface area contributed by atoms with Gasteiger partial charge in [0.1, 0.15) is 0 Å². The Labute approximate surface area is 89.1 Å². The molecule has 5 nitrogen and oxygen atoms in total. The van der Waals surface area contributed by atoms with Crippen molar-refractivity contribution in [2.75, 3.05) is 13.2 Å². The minimum absolute atomic E-state index is 0.206. The van der Waals surface area contributed by atoms with Crippen LogP contribution in [0.3, 0.4) is 0 Å². The van der Waals surface area contributed by atoms with Crippen LogP contribution in [0, 0.1) is 12.8 Å². The topological polar surface area (TPSA) is 62.4 Å². The van der Waals surface area contributed by atoms with Gasteiger partial charge in [0.15, 0.2) is 5.82 Å². The summed E-state index contributed by atoms with van der Waals surface area (Å²) >= 11 is 0. The zero-order chi connectivity index (χ0) is 10.8. The summed E-state index contributed by atoms with van der Waals surface area (Å²) in [5.41, 5.74) is 0. The number of aliphatic hydroxyl groups excluding tert-OH is 1. The van der Waals surface area contributed by atoms with Crippen molar-refractivity contribution in [2.24, 2.45) is 5.92 Å². The molecule has 1 aromatic rings. The van der Waals surface area contributed by atoms with Gasteiger partial charge < -0.3 is 9.63 Å². The quantitative estimate of drug-likeness (QED) is 0.792. The Morgan fingerprint density at radius 1 is 1.60 bits per heavy atom. The van der Waals surface area contributed by atoms with E-state index in [1.54, 1.807) is 6.92 Å². The summed E-state index contributed by atoms with van der Waals surface area (Å²) in [7, 11) is 0. The molecule has 5 heteroatoms. The van der Waals surface area contributed by atoms with Crippen LogP contribution in [-0.2, 0) is 6.54 Å². The van der Waals surface area contributed by atoms with Crippen LogP contribution in [0.1, 0.15) is 25.1 Å². The number of hydrogen-bond donors (Lipinski definition) is 1. The SMILES string of the molecule is Cc1nc(CN2CCC(C)C2CO)no1. The average molecular weight is 211 g/mol. The fourth-order valence-corrected chi connectivity index (χ4v) is 2.17. The number of nitrogens with zero attached hydrogens (tertiary/aromatic N) is 3. The van der Waals surface area contributed by atoms with Crippen molar-refractivity contribution < 1.29 is 9.63 Å². The van der Waals surface area contributed by atoms with Crippen molar-refractivity contribution in [1.82, 2.24) is 15.0 Å². The summed E-state index contributed by atoms with van der Waals surface area (Å²) in [5, 5.41) is 13.1. The van der Waals surface area contributed by atoms with Crippen molar-refractivity contribution >= 4 is 0 Å². The third-order valence-electron chi connectivity index (χ3n) is 3.10. The molecule has 2 heterocycles. The standard InChI is InChI=1S/C10H17N3O2/c1-7-3-4-13(9(7)6-14)5-10-11-8(2)15-12-10/h7,9,14H,3-6H2,1-2H3. The predicted octanol–water partition coefficient (Wildman–Crippen LogP) is 0.581. The summed E-state index contributed by atoms with van der Waals surface area (Å²) in [6.07, 6.45) is 1.13. The van der Waals surface area contributed by atoms with Crippen LogP contribution >= 0.6 is 0 Å². The molecule has 2 atom stereocenters. The van der Waals surface area contributed by atoms with Crippen LogP contribution in [0.25, 0.3) is 0 Å². The Morgan fingerprint density at radius 3 is 3.00 bits per heavy atom. The number of hydrogen-bond acceptors (Lipinski definition) is 5. The monoisotopic (exact) mass is 211 g/mol. The van der Waals surface area contributed by atoms with Gasteiger partial charge in [0, 0.05) is 13.0 Å². The molecule has 0 spiro atoms. The molecular weight excluding hydrogens is 194 g/mol. The highest BCUT2D eigenvalue weighted by Gasteiger charge is 2.31. The number of aliphatic hydroxyl groups is 1. The van der Waals surface area contributed by atoms with E-state index in [4.69, 9.17) is 4.52 Å². The van der Waals surface area contributed by atoms with Crippen molar-refractivity contribution in [2.45, 2.75) is 32.9 Å². The van der Waals surface area contributed by atoms with Gasteiger partial charge in [0.2, 0.25) is 5.89 Å². The second-order valence-corrected chi connectivity index (χ2v) is 4.22. The smallest absolute Gasteiger partial charge is 0.223 e. The molecule has 1 aromatic heterocycles. The Balaban J connectivity index is 2.00. The van der Waals surface area contributed by atoms with Gasteiger partial charge in [-0.3, -0.25) is 4.90 Å². The van der Waals surface area contributed by atoms with Crippen molar-refractivity contribution in [3.05, 3.63) is 11.7 Å². The van der Waals surface area contributed by atoms with Gasteiger partial charge in [-0.15, -0.1) is 0 Å². The molecule has 1 N–H and O–H groups in total. The number of aromatic nitrogens is 2. The van der Waals surface area contributed by atoms with E-state index in [-0.39, 0.29) is 12.6 Å². The molecule has 0 radical (unpaired) electrons. The third kappa shape index (κ3) is 2.18. The molecule has 0 saturated carbocycles. The molecule has 1 saturated heterocycles. The molecule has 0 bridgehead atoms. The van der Waals surface area contributed by atoms with Crippen LogP contribution < -0.4 is 0 Å². The van der Waals surface area contributed by atoms with Crippen molar-refractivity contribution in [1.29, 1.82) is 0 Å². The molecule has 1 aliphatic rings. The van der Waals surface area contributed by atoms with Gasteiger partial charge >= 0.3 is 0 Å². The van der Waals surface area contributed by atoms with E-state index < -0.39 is 0 Å². The Bertz CT molecular complexity index is 326. The summed E-state index contributed by atoms with van der Waals surface area (Å²) in [5.74, 6) is 1.85. The highest BCUT2D eigenvalue weighted by Crippen LogP contribution is 2.24. The maximum Gasteiger partial charge on any atom is 0.223 e. The summed E-state index contributed by atoms with van der Waals surface area (Å²) in [6.45, 7) is 5.83. The van der Waals surface area contributed by atoms with Gasteiger partial charge in [-0.05, 0) is 18.9 Å². The summed E-state index contributed by atoms with van der Waals surface area (Å²) in [4.78, 5) is 6.38. The van der Waals surface area contributed by atoms with Crippen molar-refractivity contribution in [3.63, 3.8) is 0 Å². The first-order chi connectivity index (χ1) is 7.20. The second kappa shape index (κ2) is 4.28. The molecular formula is C10H17N3O2. The first-order valence-corrected chi connectivity index (χ1v) is 5.35. The number of likely N-dealkylation sites (tertiary alicyclic amines) is 1. The van der Waals surface area contributed by atoms with E-state index in [0.29, 0.717) is 24.2 Å². The molecule has 2 unspecified atom stereocenters. The molecule has 2 rings (SSSR count). The Hall–Kier alpha value is -0.940. The fourth-order valence-electron chi connectivity index (χ4n) is 2.17. The van der Waals surface area contributed by atoms with Gasteiger partial charge in [-0.1, -0.05) is 12.1 Å². The van der Waals surface area contributed by atoms with Crippen molar-refractivity contribution in [3.8, 4) is 0 Å². The van der Waals surface area contributed by atoms with Crippen LogP contribution in [0.15, 0.2) is 4.52 Å². The lowest BCUT2D eigenvalue weighted by atomic mass is 10.0. The maximum atomic E-state index is 9.28. The lowest BCUT2D eigenvalue weighted by molar-refractivity contribution is 0.131. The summed E-state index contributed by atoms with van der Waals surface area (Å²) < 4.78 is 4.92. The first-order valence-electron chi connectivity index (χ1n) is 5.35. The van der Waals surface area contributed by atoms with E-state index in [2.05, 4.69) is 22.0 Å². The van der Waals surface area contributed by atoms with E-state index in [0.717, 1.165) is 13.0 Å². The average Bonchev–Trinajstić information content (AvgIpc) is 2.75. The van der Waals surface area contributed by atoms with Crippen LogP contribution in [-0.4, -0.2) is 39.3 Å². The van der Waals surface area contributed by atoms with E-state index in [9.17, 15) is 5.11 Å². The molecule has 1 fully saturated rings. The third-order valence-corrected chi connectivity index (χ3v) is 3.10. The molecule has 1 aliphatic heterocycles. The van der Waals surface area contributed by atoms with Gasteiger partial charge in [-0.25, -0.2) is 0 Å². The highest BCUT2D eigenvalue weighted by molar-refractivity contribution is 4.90. The molecule has 0 aliphatic carbocycles. The fraction of sp³-hybridized carbons (Fsp3) is 0.800. The zero-order valence-electron chi connectivity index (χ0n) is 9.18. The number of rotatable bonds is 3. The lowest BCUT2D eigenvalue weighted by Gasteiger charge is -2.23. The van der Waals surface area contributed by atoms with E-state index in [1.807, 2.05) is 0 Å². The predicted molar refractivity (Wildman–Crippen MR) is 54.1 cm³/mol. The van der Waals surface area contributed by atoms with E-state index >= 15 is 0 Å². The van der Waals surface area contributed by atoms with Crippen LogP contribution in [0.4, 0.5) is 0 Å². The van der Waals surface area contributed by atoms with Gasteiger partial charge in [-0.2, -0.15) is 4.98 Å². The van der Waals surface area contributed by atoms with E-state index in [1.165, 1.54) is 0 Å². The zero-order valence-corrected chi connectivity index (χ0v) is 9.18. The van der Waals surface area contributed by atoms with Gasteiger partial charge in [0.25, 0.3) is 0 Å². The first kappa shape index (κ1) is 10.6.